The molecular weight excluding hydrogens is 336 g/mol. The van der Waals surface area contributed by atoms with Crippen LogP contribution in [-0.4, -0.2) is 56.1 Å². The molecule has 25 heavy (non-hydrogen) atoms. The molecule has 1 aromatic carbocycles. The van der Waals surface area contributed by atoms with Crippen LogP contribution in [-0.2, 0) is 0 Å². The van der Waals surface area contributed by atoms with Crippen molar-refractivity contribution in [1.29, 1.82) is 0 Å². The Morgan fingerprint density at radius 3 is 2.48 bits per heavy atom. The minimum absolute atomic E-state index is 0.0571. The van der Waals surface area contributed by atoms with Crippen LogP contribution in [0.4, 0.5) is 4.79 Å². The normalized spacial score (nSPS) is 28.7. The van der Waals surface area contributed by atoms with Gasteiger partial charge in [-0.1, -0.05) is 42.5 Å². The molecule has 138 valence electrons. The molecule has 2 atom stereocenters. The van der Waals surface area contributed by atoms with Gasteiger partial charge in [-0.25, -0.2) is 4.79 Å². The van der Waals surface area contributed by atoms with Crippen molar-refractivity contribution in [3.8, 4) is 0 Å². The summed E-state index contributed by atoms with van der Waals surface area (Å²) in [4.78, 5) is 16.4. The van der Waals surface area contributed by atoms with Gasteiger partial charge in [-0.15, -0.1) is 0 Å². The average molecular weight is 365 g/mol. The highest BCUT2D eigenvalue weighted by Crippen LogP contribution is 2.45. The maximum absolute atomic E-state index is 12.6. The van der Waals surface area contributed by atoms with Crippen molar-refractivity contribution >= 4 is 16.6 Å². The van der Waals surface area contributed by atoms with Gasteiger partial charge in [0.05, 0.1) is 12.1 Å². The molecule has 2 fully saturated rings. The standard InChI is InChI=1S/C19H28N2O3S/c1-15-18(17-8-4-3-5-9-17)21(19(22)20(15)2)12-6-7-16-10-13-25(23,24)14-11-16/h3-9,15-16,18,23-24H,10-14H2,1-2H3/b7-6+/t15-,18-/m0/s1. The average Bonchev–Trinajstić information content (AvgIpc) is 2.81. The van der Waals surface area contributed by atoms with Gasteiger partial charge in [0.2, 0.25) is 0 Å². The third-order valence-corrected chi connectivity index (χ3v) is 7.21. The third kappa shape index (κ3) is 4.02. The van der Waals surface area contributed by atoms with Gasteiger partial charge in [-0.05, 0) is 31.2 Å². The van der Waals surface area contributed by atoms with Crippen molar-refractivity contribution in [2.75, 3.05) is 25.1 Å². The summed E-state index contributed by atoms with van der Waals surface area (Å²) >= 11 is 0. The second kappa shape index (κ2) is 7.40. The van der Waals surface area contributed by atoms with Crippen LogP contribution in [0.1, 0.15) is 31.4 Å². The van der Waals surface area contributed by atoms with E-state index in [1.54, 1.807) is 4.90 Å². The summed E-state index contributed by atoms with van der Waals surface area (Å²) in [5.41, 5.74) is 1.16. The molecule has 2 amide bonds. The molecule has 0 radical (unpaired) electrons. The van der Waals surface area contributed by atoms with Crippen molar-refractivity contribution in [2.45, 2.75) is 31.8 Å². The lowest BCUT2D eigenvalue weighted by Crippen LogP contribution is -2.31. The zero-order chi connectivity index (χ0) is 18.0. The third-order valence-electron chi connectivity index (χ3n) is 5.43. The Morgan fingerprint density at radius 2 is 1.84 bits per heavy atom. The van der Waals surface area contributed by atoms with Crippen LogP contribution in [0, 0.1) is 5.92 Å². The lowest BCUT2D eigenvalue weighted by molar-refractivity contribution is 0.195. The second-order valence-electron chi connectivity index (χ2n) is 7.12. The summed E-state index contributed by atoms with van der Waals surface area (Å²) in [6.07, 6.45) is 5.84. The van der Waals surface area contributed by atoms with Crippen molar-refractivity contribution < 1.29 is 13.9 Å². The molecule has 3 rings (SSSR count). The minimum atomic E-state index is -2.33. The van der Waals surface area contributed by atoms with E-state index in [0.29, 0.717) is 24.0 Å². The molecule has 0 aromatic heterocycles. The van der Waals surface area contributed by atoms with Crippen LogP contribution in [0.25, 0.3) is 0 Å². The van der Waals surface area contributed by atoms with E-state index in [0.717, 1.165) is 18.4 Å². The summed E-state index contributed by atoms with van der Waals surface area (Å²) in [5, 5.41) is 0. The maximum atomic E-state index is 12.6. The molecule has 2 saturated heterocycles. The predicted molar refractivity (Wildman–Crippen MR) is 103 cm³/mol. The van der Waals surface area contributed by atoms with Crippen LogP contribution >= 0.6 is 10.6 Å². The molecule has 0 aliphatic carbocycles. The molecule has 0 unspecified atom stereocenters. The zero-order valence-electron chi connectivity index (χ0n) is 14.9. The Bertz CT molecular complexity index is 625. The molecule has 2 aliphatic heterocycles. The summed E-state index contributed by atoms with van der Waals surface area (Å²) in [6.45, 7) is 2.67. The Labute approximate surface area is 151 Å². The quantitative estimate of drug-likeness (QED) is 0.787. The summed E-state index contributed by atoms with van der Waals surface area (Å²) in [6, 6.07) is 10.4. The number of urea groups is 1. The molecule has 5 nitrogen and oxygen atoms in total. The number of benzene rings is 1. The number of likely N-dealkylation sites (N-methyl/N-ethyl adjacent to an activating group) is 1. The van der Waals surface area contributed by atoms with Gasteiger partial charge in [-0.2, -0.15) is 10.6 Å². The molecule has 2 heterocycles. The van der Waals surface area contributed by atoms with E-state index in [1.807, 2.05) is 30.1 Å². The van der Waals surface area contributed by atoms with Crippen LogP contribution in [0.15, 0.2) is 42.5 Å². The van der Waals surface area contributed by atoms with Gasteiger partial charge in [0.15, 0.2) is 0 Å². The fourth-order valence-corrected chi connectivity index (χ4v) is 5.32. The molecule has 0 bridgehead atoms. The Hall–Kier alpha value is -1.50. The maximum Gasteiger partial charge on any atom is 0.320 e. The minimum Gasteiger partial charge on any atom is -0.323 e. The lowest BCUT2D eigenvalue weighted by atomic mass is 10.00. The van der Waals surface area contributed by atoms with E-state index in [4.69, 9.17) is 0 Å². The Morgan fingerprint density at radius 1 is 1.20 bits per heavy atom. The molecule has 6 heteroatoms. The number of allylic oxidation sites excluding steroid dienone is 1. The fraction of sp³-hybridized carbons (Fsp3) is 0.526. The second-order valence-corrected chi connectivity index (χ2v) is 9.54. The van der Waals surface area contributed by atoms with Gasteiger partial charge in [0.1, 0.15) is 0 Å². The van der Waals surface area contributed by atoms with E-state index in [9.17, 15) is 13.9 Å². The largest absolute Gasteiger partial charge is 0.323 e. The van der Waals surface area contributed by atoms with E-state index in [2.05, 4.69) is 31.2 Å². The topological polar surface area (TPSA) is 64.0 Å². The van der Waals surface area contributed by atoms with E-state index in [1.165, 1.54) is 0 Å². The predicted octanol–water partition coefficient (Wildman–Crippen LogP) is 4.20. The Kier molecular flexibility index (Phi) is 5.41. The van der Waals surface area contributed by atoms with Gasteiger partial charge in [0, 0.05) is 25.1 Å². The number of nitrogens with zero attached hydrogens (tertiary/aromatic N) is 2. The van der Waals surface area contributed by atoms with Gasteiger partial charge in [-0.3, -0.25) is 9.11 Å². The van der Waals surface area contributed by atoms with Crippen molar-refractivity contribution in [3.63, 3.8) is 0 Å². The summed E-state index contributed by atoms with van der Waals surface area (Å²) in [7, 11) is -0.470. The zero-order valence-corrected chi connectivity index (χ0v) is 15.7. The van der Waals surface area contributed by atoms with Gasteiger partial charge >= 0.3 is 6.03 Å². The number of hydrogen-bond acceptors (Lipinski definition) is 3. The fourth-order valence-electron chi connectivity index (χ4n) is 3.75. The monoisotopic (exact) mass is 364 g/mol. The molecule has 0 saturated carbocycles. The first-order valence-electron chi connectivity index (χ1n) is 8.88. The molecule has 2 aliphatic rings. The van der Waals surface area contributed by atoms with E-state index < -0.39 is 10.6 Å². The van der Waals surface area contributed by atoms with Crippen molar-refractivity contribution in [3.05, 3.63) is 48.0 Å². The van der Waals surface area contributed by atoms with E-state index >= 15 is 0 Å². The first-order valence-corrected chi connectivity index (χ1v) is 10.8. The summed E-state index contributed by atoms with van der Waals surface area (Å²) < 4.78 is 19.4. The highest BCUT2D eigenvalue weighted by Gasteiger charge is 2.41. The van der Waals surface area contributed by atoms with Crippen LogP contribution in [0.3, 0.4) is 0 Å². The molecule has 0 spiro atoms. The van der Waals surface area contributed by atoms with Crippen molar-refractivity contribution in [1.82, 2.24) is 9.80 Å². The smallest absolute Gasteiger partial charge is 0.320 e. The van der Waals surface area contributed by atoms with E-state index in [-0.39, 0.29) is 18.1 Å². The highest BCUT2D eigenvalue weighted by molar-refractivity contribution is 8.24. The van der Waals surface area contributed by atoms with Gasteiger partial charge < -0.3 is 9.80 Å². The van der Waals surface area contributed by atoms with Gasteiger partial charge in [0.25, 0.3) is 0 Å². The first-order chi connectivity index (χ1) is 11.9. The lowest BCUT2D eigenvalue weighted by Gasteiger charge is -2.38. The molecular formula is C19H28N2O3S. The Balaban J connectivity index is 1.67. The number of carbonyl (C=O) groups excluding carboxylic acids is 1. The SMILES string of the molecule is C[C@H]1[C@@H](c2ccccc2)N(C/C=C/C2CCS(O)(O)CC2)C(=O)N1C. The van der Waals surface area contributed by atoms with Crippen molar-refractivity contribution in [2.24, 2.45) is 5.92 Å². The number of hydrogen-bond donors (Lipinski definition) is 2. The first kappa shape index (κ1) is 18.3. The van der Waals surface area contributed by atoms with Crippen LogP contribution in [0.5, 0.6) is 0 Å². The van der Waals surface area contributed by atoms with Crippen LogP contribution < -0.4 is 0 Å². The molecule has 2 N–H and O–H groups in total. The highest BCUT2D eigenvalue weighted by atomic mass is 32.3. The number of carbonyl (C=O) groups is 1. The molecule has 1 aromatic rings. The summed E-state index contributed by atoms with van der Waals surface area (Å²) in [5.74, 6) is 1.37. The number of amides is 2. The van der Waals surface area contributed by atoms with Crippen LogP contribution in [0.2, 0.25) is 0 Å². The number of rotatable bonds is 4.